The predicted octanol–water partition coefficient (Wildman–Crippen LogP) is 3.28. The molecular weight excluding hydrogens is 307 g/mol. The first-order valence-electron chi connectivity index (χ1n) is 8.66. The summed E-state index contributed by atoms with van der Waals surface area (Å²) in [5.41, 5.74) is 2.21. The molecule has 0 saturated heterocycles. The van der Waals surface area contributed by atoms with E-state index in [1.807, 2.05) is 10.6 Å². The van der Waals surface area contributed by atoms with Gasteiger partial charge in [-0.2, -0.15) is 0 Å². The molecule has 4 nitrogen and oxygen atoms in total. The van der Waals surface area contributed by atoms with Crippen molar-refractivity contribution in [3.63, 3.8) is 0 Å². The number of aliphatic hydroxyl groups is 2. The van der Waals surface area contributed by atoms with E-state index < -0.39 is 6.10 Å². The van der Waals surface area contributed by atoms with E-state index in [-0.39, 0.29) is 23.4 Å². The number of nitrogens with zero attached hydrogens (tertiary/aromatic N) is 2. The van der Waals surface area contributed by atoms with Gasteiger partial charge < -0.3 is 14.8 Å². The van der Waals surface area contributed by atoms with E-state index in [9.17, 15) is 14.6 Å². The van der Waals surface area contributed by atoms with Crippen LogP contribution in [0.15, 0.2) is 30.7 Å². The molecule has 1 aromatic carbocycles. The SMILES string of the molecule is CC1([C@@H](O)C[C@@H]2c3c(F)cccc3-c3cncn32)CCC(O)CC1. The lowest BCUT2D eigenvalue weighted by Gasteiger charge is -2.40. The van der Waals surface area contributed by atoms with Gasteiger partial charge in [0.2, 0.25) is 0 Å². The molecule has 0 unspecified atom stereocenters. The molecule has 2 aromatic rings. The van der Waals surface area contributed by atoms with E-state index in [4.69, 9.17) is 0 Å². The van der Waals surface area contributed by atoms with E-state index in [1.54, 1.807) is 18.6 Å². The highest BCUT2D eigenvalue weighted by Crippen LogP contribution is 2.47. The largest absolute Gasteiger partial charge is 0.393 e. The highest BCUT2D eigenvalue weighted by molar-refractivity contribution is 5.69. The first kappa shape index (κ1) is 15.8. The summed E-state index contributed by atoms with van der Waals surface area (Å²) >= 11 is 0. The van der Waals surface area contributed by atoms with Gasteiger partial charge in [-0.3, -0.25) is 0 Å². The standard InChI is InChI=1S/C19H23FN2O2/c1-19(7-5-12(23)6-8-19)17(24)9-15-18-13(3-2-4-14(18)20)16-10-21-11-22(15)16/h2-4,10-12,15,17,23-24H,5-9H2,1H3/t12?,15-,17+,19?/m1/s1. The number of hydrogen-bond donors (Lipinski definition) is 2. The van der Waals surface area contributed by atoms with Gasteiger partial charge in [0.15, 0.2) is 0 Å². The van der Waals surface area contributed by atoms with Gasteiger partial charge in [0.25, 0.3) is 0 Å². The molecule has 2 N–H and O–H groups in total. The summed E-state index contributed by atoms with van der Waals surface area (Å²) in [5.74, 6) is -0.224. The topological polar surface area (TPSA) is 58.3 Å². The zero-order chi connectivity index (χ0) is 16.9. The molecule has 2 aliphatic rings. The molecule has 2 atom stereocenters. The van der Waals surface area contributed by atoms with Crippen LogP contribution in [0.3, 0.4) is 0 Å². The van der Waals surface area contributed by atoms with E-state index >= 15 is 0 Å². The van der Waals surface area contributed by atoms with E-state index in [0.29, 0.717) is 12.0 Å². The van der Waals surface area contributed by atoms with Crippen LogP contribution in [-0.2, 0) is 0 Å². The van der Waals surface area contributed by atoms with Crippen molar-refractivity contribution in [3.05, 3.63) is 42.1 Å². The quantitative estimate of drug-likeness (QED) is 0.908. The van der Waals surface area contributed by atoms with Crippen LogP contribution < -0.4 is 0 Å². The van der Waals surface area contributed by atoms with Crippen molar-refractivity contribution >= 4 is 0 Å². The normalized spacial score (nSPS) is 30.0. The van der Waals surface area contributed by atoms with Crippen LogP contribution in [0.4, 0.5) is 4.39 Å². The predicted molar refractivity (Wildman–Crippen MR) is 89.0 cm³/mol. The number of imidazole rings is 1. The van der Waals surface area contributed by atoms with Gasteiger partial charge in [-0.05, 0) is 43.6 Å². The lowest BCUT2D eigenvalue weighted by Crippen LogP contribution is -2.38. The Labute approximate surface area is 141 Å². The van der Waals surface area contributed by atoms with Gasteiger partial charge >= 0.3 is 0 Å². The summed E-state index contributed by atoms with van der Waals surface area (Å²) in [6.45, 7) is 2.08. The molecule has 1 fully saturated rings. The molecule has 1 saturated carbocycles. The van der Waals surface area contributed by atoms with Crippen LogP contribution in [0.5, 0.6) is 0 Å². The Hall–Kier alpha value is -1.72. The first-order chi connectivity index (χ1) is 11.5. The summed E-state index contributed by atoms with van der Waals surface area (Å²) in [4.78, 5) is 4.20. The van der Waals surface area contributed by atoms with Crippen LogP contribution in [0.1, 0.15) is 50.6 Å². The molecule has 1 aliphatic heterocycles. The number of fused-ring (bicyclic) bond motifs is 3. The van der Waals surface area contributed by atoms with Crippen molar-refractivity contribution in [3.8, 4) is 11.3 Å². The van der Waals surface area contributed by atoms with Crippen molar-refractivity contribution in [1.29, 1.82) is 0 Å². The van der Waals surface area contributed by atoms with Crippen molar-refractivity contribution in [2.24, 2.45) is 5.41 Å². The molecule has 0 spiro atoms. The minimum Gasteiger partial charge on any atom is -0.393 e. The van der Waals surface area contributed by atoms with Gasteiger partial charge in [0.05, 0.1) is 36.5 Å². The number of benzene rings is 1. The molecule has 0 bridgehead atoms. The Morgan fingerprint density at radius 2 is 2.12 bits per heavy atom. The van der Waals surface area contributed by atoms with Gasteiger partial charge in [-0.25, -0.2) is 9.37 Å². The van der Waals surface area contributed by atoms with Crippen LogP contribution >= 0.6 is 0 Å². The molecule has 0 radical (unpaired) electrons. The number of hydrogen-bond acceptors (Lipinski definition) is 3. The molecule has 4 rings (SSSR count). The number of aromatic nitrogens is 2. The van der Waals surface area contributed by atoms with E-state index in [1.165, 1.54) is 6.07 Å². The third kappa shape index (κ3) is 2.38. The average molecular weight is 330 g/mol. The van der Waals surface area contributed by atoms with Crippen LogP contribution in [0, 0.1) is 11.2 Å². The Kier molecular flexibility index (Phi) is 3.73. The molecule has 24 heavy (non-hydrogen) atoms. The molecule has 2 heterocycles. The van der Waals surface area contributed by atoms with Crippen molar-refractivity contribution in [1.82, 2.24) is 9.55 Å². The first-order valence-corrected chi connectivity index (χ1v) is 8.66. The Bertz CT molecular complexity index is 750. The second-order valence-electron chi connectivity index (χ2n) is 7.54. The summed E-state index contributed by atoms with van der Waals surface area (Å²) in [6, 6.07) is 4.89. The fraction of sp³-hybridized carbons (Fsp3) is 0.526. The number of aliphatic hydroxyl groups excluding tert-OH is 2. The second-order valence-corrected chi connectivity index (χ2v) is 7.54. The van der Waals surface area contributed by atoms with Crippen molar-refractivity contribution < 1.29 is 14.6 Å². The molecule has 0 amide bonds. The summed E-state index contributed by atoms with van der Waals surface area (Å²) < 4.78 is 16.4. The highest BCUT2D eigenvalue weighted by Gasteiger charge is 2.40. The number of rotatable bonds is 3. The van der Waals surface area contributed by atoms with Crippen LogP contribution in [0.2, 0.25) is 0 Å². The highest BCUT2D eigenvalue weighted by atomic mass is 19.1. The van der Waals surface area contributed by atoms with Crippen LogP contribution in [0.25, 0.3) is 11.3 Å². The minimum atomic E-state index is -0.546. The molecular formula is C19H23FN2O2. The Morgan fingerprint density at radius 1 is 1.38 bits per heavy atom. The lowest BCUT2D eigenvalue weighted by molar-refractivity contribution is -0.0290. The van der Waals surface area contributed by atoms with Crippen molar-refractivity contribution in [2.45, 2.75) is 57.3 Å². The Balaban J connectivity index is 1.64. The van der Waals surface area contributed by atoms with Gasteiger partial charge in [-0.1, -0.05) is 19.1 Å². The third-order valence-electron chi connectivity index (χ3n) is 6.01. The number of halogens is 1. The smallest absolute Gasteiger partial charge is 0.129 e. The summed E-state index contributed by atoms with van der Waals surface area (Å²) in [5, 5.41) is 20.7. The zero-order valence-electron chi connectivity index (χ0n) is 13.8. The van der Waals surface area contributed by atoms with E-state index in [0.717, 1.165) is 36.9 Å². The maximum Gasteiger partial charge on any atom is 0.129 e. The maximum atomic E-state index is 14.5. The van der Waals surface area contributed by atoms with Gasteiger partial charge in [-0.15, -0.1) is 0 Å². The van der Waals surface area contributed by atoms with Gasteiger partial charge in [0, 0.05) is 11.1 Å². The molecule has 5 heteroatoms. The third-order valence-corrected chi connectivity index (χ3v) is 6.01. The fourth-order valence-electron chi connectivity index (χ4n) is 4.32. The Morgan fingerprint density at radius 3 is 2.88 bits per heavy atom. The molecule has 1 aromatic heterocycles. The minimum absolute atomic E-state index is 0.224. The van der Waals surface area contributed by atoms with Gasteiger partial charge in [0.1, 0.15) is 5.82 Å². The molecule has 1 aliphatic carbocycles. The average Bonchev–Trinajstić information content (AvgIpc) is 3.14. The summed E-state index contributed by atoms with van der Waals surface area (Å²) in [6.07, 6.45) is 6.17. The fourth-order valence-corrected chi connectivity index (χ4v) is 4.32. The maximum absolute atomic E-state index is 14.5. The monoisotopic (exact) mass is 330 g/mol. The van der Waals surface area contributed by atoms with E-state index in [2.05, 4.69) is 11.9 Å². The van der Waals surface area contributed by atoms with Crippen molar-refractivity contribution in [2.75, 3.05) is 0 Å². The molecule has 128 valence electrons. The zero-order valence-corrected chi connectivity index (χ0v) is 13.8. The lowest BCUT2D eigenvalue weighted by atomic mass is 9.69. The summed E-state index contributed by atoms with van der Waals surface area (Å²) in [7, 11) is 0. The second kappa shape index (κ2) is 5.67. The van der Waals surface area contributed by atoms with Crippen LogP contribution in [-0.4, -0.2) is 32.0 Å².